The van der Waals surface area contributed by atoms with Gasteiger partial charge >= 0.3 is 0 Å². The maximum atomic E-state index is 14.3. The molecule has 0 aliphatic rings. The molecule has 0 saturated heterocycles. The van der Waals surface area contributed by atoms with E-state index in [0.29, 0.717) is 18.8 Å². The number of nitrogens with two attached hydrogens (primary N) is 1. The maximum absolute atomic E-state index is 14.3. The van der Waals surface area contributed by atoms with Crippen LogP contribution in [0.4, 0.5) is 4.39 Å². The van der Waals surface area contributed by atoms with E-state index in [9.17, 15) is 4.39 Å². The monoisotopic (exact) mass is 217 g/mol. The van der Waals surface area contributed by atoms with Crippen LogP contribution in [0.5, 0.6) is 0 Å². The minimum atomic E-state index is -1.11. The van der Waals surface area contributed by atoms with Crippen molar-refractivity contribution in [3.63, 3.8) is 0 Å². The third-order valence-corrected chi connectivity index (χ3v) is 3.26. The van der Waals surface area contributed by atoms with Gasteiger partial charge in [-0.25, -0.2) is 4.39 Å². The lowest BCUT2D eigenvalue weighted by atomic mass is 9.84. The molecule has 92 valence electrons. The molecule has 15 heavy (non-hydrogen) atoms. The van der Waals surface area contributed by atoms with Crippen molar-refractivity contribution in [3.05, 3.63) is 0 Å². The van der Waals surface area contributed by atoms with Crippen LogP contribution in [0.1, 0.15) is 65.7 Å². The van der Waals surface area contributed by atoms with Gasteiger partial charge in [0.2, 0.25) is 0 Å². The van der Waals surface area contributed by atoms with E-state index in [0.717, 1.165) is 19.3 Å². The van der Waals surface area contributed by atoms with Crippen LogP contribution in [0.2, 0.25) is 0 Å². The predicted octanol–water partition coefficient (Wildman–Crippen LogP) is 4.06. The maximum Gasteiger partial charge on any atom is 0.123 e. The van der Waals surface area contributed by atoms with Crippen molar-refractivity contribution >= 4 is 0 Å². The highest BCUT2D eigenvalue weighted by atomic mass is 19.1. The van der Waals surface area contributed by atoms with Gasteiger partial charge in [0.05, 0.1) is 0 Å². The molecular weight excluding hydrogens is 189 g/mol. The first-order valence-corrected chi connectivity index (χ1v) is 6.50. The fourth-order valence-electron chi connectivity index (χ4n) is 2.20. The second-order valence-electron chi connectivity index (χ2n) is 4.73. The second kappa shape index (κ2) is 8.09. The average molecular weight is 217 g/mol. The number of unbranched alkanes of at least 4 members (excludes halogenated alkanes) is 1. The first-order valence-electron chi connectivity index (χ1n) is 6.50. The Morgan fingerprint density at radius 1 is 1.20 bits per heavy atom. The highest BCUT2D eigenvalue weighted by molar-refractivity contribution is 4.82. The van der Waals surface area contributed by atoms with Gasteiger partial charge in [-0.05, 0) is 18.8 Å². The molecule has 1 nitrogen and oxygen atoms in total. The Labute approximate surface area is 94.6 Å². The third-order valence-electron chi connectivity index (χ3n) is 3.26. The topological polar surface area (TPSA) is 26.0 Å². The normalized spacial score (nSPS) is 17.4. The molecule has 0 fully saturated rings. The van der Waals surface area contributed by atoms with Crippen molar-refractivity contribution in [2.24, 2.45) is 11.7 Å². The fraction of sp³-hybridized carbons (Fsp3) is 1.00. The second-order valence-corrected chi connectivity index (χ2v) is 4.73. The summed E-state index contributed by atoms with van der Waals surface area (Å²) in [5.74, 6) is 0.519. The zero-order valence-corrected chi connectivity index (χ0v) is 10.7. The van der Waals surface area contributed by atoms with Crippen LogP contribution in [-0.4, -0.2) is 12.2 Å². The summed E-state index contributed by atoms with van der Waals surface area (Å²) in [5.41, 5.74) is 4.44. The number of rotatable bonds is 9. The van der Waals surface area contributed by atoms with Crippen LogP contribution < -0.4 is 5.73 Å². The number of halogens is 1. The molecule has 2 N–H and O–H groups in total. The highest BCUT2D eigenvalue weighted by Gasteiger charge is 2.29. The zero-order chi connectivity index (χ0) is 11.7. The largest absolute Gasteiger partial charge is 0.328 e. The van der Waals surface area contributed by atoms with Crippen molar-refractivity contribution < 1.29 is 4.39 Å². The molecule has 0 aromatic carbocycles. The summed E-state index contributed by atoms with van der Waals surface area (Å²) in [6, 6.07) is 0. The Kier molecular flexibility index (Phi) is 8.03. The molecule has 0 amide bonds. The number of hydrogen-bond donors (Lipinski definition) is 1. The lowest BCUT2D eigenvalue weighted by Gasteiger charge is -2.28. The number of hydrogen-bond acceptors (Lipinski definition) is 1. The summed E-state index contributed by atoms with van der Waals surface area (Å²) in [5, 5.41) is 0. The molecule has 0 saturated carbocycles. The first-order chi connectivity index (χ1) is 7.11. The zero-order valence-electron chi connectivity index (χ0n) is 10.7. The van der Waals surface area contributed by atoms with Gasteiger partial charge in [0, 0.05) is 6.54 Å². The Morgan fingerprint density at radius 3 is 2.27 bits per heavy atom. The summed E-state index contributed by atoms with van der Waals surface area (Å²) in [6.07, 6.45) is 6.81. The predicted molar refractivity (Wildman–Crippen MR) is 65.7 cm³/mol. The van der Waals surface area contributed by atoms with E-state index in [1.54, 1.807) is 0 Å². The molecule has 0 spiro atoms. The van der Waals surface area contributed by atoms with Crippen LogP contribution in [0.25, 0.3) is 0 Å². The summed E-state index contributed by atoms with van der Waals surface area (Å²) < 4.78 is 14.3. The van der Waals surface area contributed by atoms with E-state index in [2.05, 4.69) is 13.8 Å². The van der Waals surface area contributed by atoms with Crippen molar-refractivity contribution in [2.45, 2.75) is 71.4 Å². The molecule has 2 atom stereocenters. The quantitative estimate of drug-likeness (QED) is 0.619. The van der Waals surface area contributed by atoms with E-state index in [-0.39, 0.29) is 6.54 Å². The van der Waals surface area contributed by atoms with Crippen molar-refractivity contribution in [1.29, 1.82) is 0 Å². The summed E-state index contributed by atoms with van der Waals surface area (Å²) in [4.78, 5) is 0. The van der Waals surface area contributed by atoms with Gasteiger partial charge in [0.25, 0.3) is 0 Å². The van der Waals surface area contributed by atoms with Gasteiger partial charge in [0.1, 0.15) is 5.67 Å². The van der Waals surface area contributed by atoms with E-state index < -0.39 is 5.67 Å². The highest BCUT2D eigenvalue weighted by Crippen LogP contribution is 2.30. The Hall–Kier alpha value is -0.110. The minimum absolute atomic E-state index is 0.184. The smallest absolute Gasteiger partial charge is 0.123 e. The lowest BCUT2D eigenvalue weighted by Crippen LogP contribution is -2.35. The van der Waals surface area contributed by atoms with Gasteiger partial charge in [-0.1, -0.05) is 52.9 Å². The molecule has 0 bridgehead atoms. The molecule has 0 radical (unpaired) electrons. The Balaban J connectivity index is 4.09. The number of alkyl halides is 1. The van der Waals surface area contributed by atoms with Crippen molar-refractivity contribution in [1.82, 2.24) is 0 Å². The standard InChI is InChI=1S/C13H28FN/c1-4-7-8-12(6-3)10-13(14,11-15)9-5-2/h12H,4-11,15H2,1-3H3. The molecule has 2 heteroatoms. The summed E-state index contributed by atoms with van der Waals surface area (Å²) >= 11 is 0. The van der Waals surface area contributed by atoms with E-state index in [1.807, 2.05) is 6.92 Å². The minimum Gasteiger partial charge on any atom is -0.328 e. The van der Waals surface area contributed by atoms with Crippen LogP contribution >= 0.6 is 0 Å². The van der Waals surface area contributed by atoms with Crippen LogP contribution in [-0.2, 0) is 0 Å². The molecule has 0 aromatic heterocycles. The SMILES string of the molecule is CCCCC(CC)CC(F)(CN)CCC. The average Bonchev–Trinajstić information content (AvgIpc) is 2.24. The third kappa shape index (κ3) is 6.14. The van der Waals surface area contributed by atoms with Crippen molar-refractivity contribution in [2.75, 3.05) is 6.54 Å². The molecule has 2 unspecified atom stereocenters. The fourth-order valence-corrected chi connectivity index (χ4v) is 2.20. The van der Waals surface area contributed by atoms with Gasteiger partial charge in [-0.2, -0.15) is 0 Å². The van der Waals surface area contributed by atoms with Crippen LogP contribution in [0.15, 0.2) is 0 Å². The molecule has 0 heterocycles. The molecule has 0 aliphatic heterocycles. The van der Waals surface area contributed by atoms with Gasteiger partial charge in [-0.3, -0.25) is 0 Å². The van der Waals surface area contributed by atoms with Gasteiger partial charge < -0.3 is 5.73 Å². The Morgan fingerprint density at radius 2 is 1.87 bits per heavy atom. The summed E-state index contributed by atoms with van der Waals surface area (Å²) in [7, 11) is 0. The van der Waals surface area contributed by atoms with E-state index in [4.69, 9.17) is 5.73 Å². The van der Waals surface area contributed by atoms with Crippen LogP contribution in [0.3, 0.4) is 0 Å². The molecule has 0 rings (SSSR count). The molecule has 0 aromatic rings. The van der Waals surface area contributed by atoms with Gasteiger partial charge in [-0.15, -0.1) is 0 Å². The van der Waals surface area contributed by atoms with E-state index in [1.165, 1.54) is 12.8 Å². The molecular formula is C13H28FN. The lowest BCUT2D eigenvalue weighted by molar-refractivity contribution is 0.114. The molecule has 0 aliphatic carbocycles. The van der Waals surface area contributed by atoms with Gasteiger partial charge in [0.15, 0.2) is 0 Å². The van der Waals surface area contributed by atoms with Crippen LogP contribution in [0, 0.1) is 5.92 Å². The Bertz CT molecular complexity index is 149. The summed E-state index contributed by atoms with van der Waals surface area (Å²) in [6.45, 7) is 6.55. The first kappa shape index (κ1) is 14.9. The van der Waals surface area contributed by atoms with Crippen molar-refractivity contribution in [3.8, 4) is 0 Å². The van der Waals surface area contributed by atoms with E-state index >= 15 is 0 Å².